The molecule has 3 rings (SSSR count). The summed E-state index contributed by atoms with van der Waals surface area (Å²) in [5.74, 6) is 1.17. The van der Waals surface area contributed by atoms with Crippen LogP contribution < -0.4 is 5.73 Å². The third-order valence-corrected chi connectivity index (χ3v) is 4.65. The number of piperidine rings is 1. The average molecular weight is 286 g/mol. The van der Waals surface area contributed by atoms with E-state index in [9.17, 15) is 0 Å². The van der Waals surface area contributed by atoms with Gasteiger partial charge in [0.2, 0.25) is 0 Å². The third kappa shape index (κ3) is 2.97. The van der Waals surface area contributed by atoms with Crippen molar-refractivity contribution in [1.29, 1.82) is 0 Å². The van der Waals surface area contributed by atoms with Crippen molar-refractivity contribution in [3.05, 3.63) is 30.1 Å². The van der Waals surface area contributed by atoms with Gasteiger partial charge >= 0.3 is 0 Å². The third-order valence-electron chi connectivity index (χ3n) is 4.65. The van der Waals surface area contributed by atoms with Crippen molar-refractivity contribution in [2.45, 2.75) is 51.7 Å². The van der Waals surface area contributed by atoms with Crippen LogP contribution in [0.15, 0.2) is 24.3 Å². The number of benzene rings is 1. The number of hydrogen-bond donors (Lipinski definition) is 1. The van der Waals surface area contributed by atoms with Crippen molar-refractivity contribution in [2.75, 3.05) is 13.1 Å². The normalized spacial score (nSPS) is 20.2. The fourth-order valence-corrected chi connectivity index (χ4v) is 3.54. The quantitative estimate of drug-likeness (QED) is 0.919. The molecule has 0 aliphatic carbocycles. The molecule has 1 atom stereocenters. The maximum Gasteiger partial charge on any atom is 0.124 e. The van der Waals surface area contributed by atoms with E-state index in [1.54, 1.807) is 0 Å². The standard InChI is InChI=1S/C17H26N4/c1-2-14-7-5-6-11-20(14)13-17-19-15-8-3-4-9-16(15)21(17)12-10-18/h3-4,8-9,14H,2,5-7,10-13,18H2,1H3. The molecule has 2 heterocycles. The molecular formula is C17H26N4. The molecule has 1 aliphatic rings. The number of para-hydroxylation sites is 2. The average Bonchev–Trinajstić information content (AvgIpc) is 2.86. The van der Waals surface area contributed by atoms with Gasteiger partial charge in [-0.2, -0.15) is 0 Å². The number of nitrogens with zero attached hydrogens (tertiary/aromatic N) is 3. The Hall–Kier alpha value is -1.39. The number of nitrogens with two attached hydrogens (primary N) is 1. The molecule has 1 aromatic heterocycles. The lowest BCUT2D eigenvalue weighted by atomic mass is 10.0. The van der Waals surface area contributed by atoms with E-state index in [4.69, 9.17) is 10.7 Å². The van der Waals surface area contributed by atoms with E-state index in [0.717, 1.165) is 18.6 Å². The molecule has 1 aliphatic heterocycles. The van der Waals surface area contributed by atoms with Gasteiger partial charge in [-0.3, -0.25) is 4.90 Å². The first-order valence-electron chi connectivity index (χ1n) is 8.21. The lowest BCUT2D eigenvalue weighted by Gasteiger charge is -2.34. The number of likely N-dealkylation sites (tertiary alicyclic amines) is 1. The lowest BCUT2D eigenvalue weighted by Crippen LogP contribution is -2.39. The molecule has 1 aromatic carbocycles. The van der Waals surface area contributed by atoms with Gasteiger partial charge < -0.3 is 10.3 Å². The first-order valence-corrected chi connectivity index (χ1v) is 8.21. The topological polar surface area (TPSA) is 47.1 Å². The maximum absolute atomic E-state index is 5.80. The van der Waals surface area contributed by atoms with E-state index < -0.39 is 0 Å². The highest BCUT2D eigenvalue weighted by molar-refractivity contribution is 5.75. The molecule has 2 N–H and O–H groups in total. The highest BCUT2D eigenvalue weighted by atomic mass is 15.2. The van der Waals surface area contributed by atoms with Crippen LogP contribution in [0.1, 0.15) is 38.4 Å². The van der Waals surface area contributed by atoms with Gasteiger partial charge in [0.05, 0.1) is 17.6 Å². The van der Waals surface area contributed by atoms with Gasteiger partial charge in [0.15, 0.2) is 0 Å². The minimum atomic E-state index is 0.657. The van der Waals surface area contributed by atoms with Gasteiger partial charge in [-0.25, -0.2) is 4.98 Å². The van der Waals surface area contributed by atoms with Crippen molar-refractivity contribution in [2.24, 2.45) is 5.73 Å². The van der Waals surface area contributed by atoms with Crippen molar-refractivity contribution in [3.8, 4) is 0 Å². The van der Waals surface area contributed by atoms with Gasteiger partial charge in [0.25, 0.3) is 0 Å². The smallest absolute Gasteiger partial charge is 0.124 e. The summed E-state index contributed by atoms with van der Waals surface area (Å²) in [6.07, 6.45) is 5.24. The Kier molecular flexibility index (Phi) is 4.56. The van der Waals surface area contributed by atoms with Gasteiger partial charge in [0, 0.05) is 19.1 Å². The molecule has 1 unspecified atom stereocenters. The van der Waals surface area contributed by atoms with Gasteiger partial charge in [-0.05, 0) is 37.9 Å². The fraction of sp³-hybridized carbons (Fsp3) is 0.588. The summed E-state index contributed by atoms with van der Waals surface area (Å²) in [5, 5.41) is 0. The second-order valence-corrected chi connectivity index (χ2v) is 5.99. The molecule has 0 saturated carbocycles. The van der Waals surface area contributed by atoms with Gasteiger partial charge in [-0.15, -0.1) is 0 Å². The summed E-state index contributed by atoms with van der Waals surface area (Å²) < 4.78 is 2.30. The van der Waals surface area contributed by atoms with E-state index in [1.165, 1.54) is 43.6 Å². The first-order chi connectivity index (χ1) is 10.3. The van der Waals surface area contributed by atoms with E-state index in [1.807, 2.05) is 0 Å². The molecule has 0 amide bonds. The predicted molar refractivity (Wildman–Crippen MR) is 87.1 cm³/mol. The van der Waals surface area contributed by atoms with Crippen LogP contribution in [0.5, 0.6) is 0 Å². The first kappa shape index (κ1) is 14.5. The molecule has 21 heavy (non-hydrogen) atoms. The monoisotopic (exact) mass is 286 g/mol. The predicted octanol–water partition coefficient (Wildman–Crippen LogP) is 2.76. The summed E-state index contributed by atoms with van der Waals surface area (Å²) in [4.78, 5) is 7.47. The number of imidazole rings is 1. The van der Waals surface area contributed by atoms with Crippen LogP contribution in [-0.2, 0) is 13.1 Å². The highest BCUT2D eigenvalue weighted by Gasteiger charge is 2.23. The number of rotatable bonds is 5. The minimum absolute atomic E-state index is 0.657. The van der Waals surface area contributed by atoms with Crippen LogP contribution in [0.2, 0.25) is 0 Å². The van der Waals surface area contributed by atoms with E-state index in [0.29, 0.717) is 12.6 Å². The Morgan fingerprint density at radius 3 is 2.95 bits per heavy atom. The van der Waals surface area contributed by atoms with Crippen molar-refractivity contribution in [3.63, 3.8) is 0 Å². The van der Waals surface area contributed by atoms with Crippen molar-refractivity contribution >= 4 is 11.0 Å². The maximum atomic E-state index is 5.80. The molecule has 4 heteroatoms. The zero-order valence-corrected chi connectivity index (χ0v) is 13.0. The molecule has 0 spiro atoms. The van der Waals surface area contributed by atoms with Crippen LogP contribution in [0, 0.1) is 0 Å². The Balaban J connectivity index is 1.90. The van der Waals surface area contributed by atoms with Crippen molar-refractivity contribution < 1.29 is 0 Å². The molecular weight excluding hydrogens is 260 g/mol. The SMILES string of the molecule is CCC1CCCCN1Cc1nc2ccccc2n1CCN. The number of hydrogen-bond acceptors (Lipinski definition) is 3. The van der Waals surface area contributed by atoms with E-state index in [2.05, 4.69) is 40.7 Å². The van der Waals surface area contributed by atoms with E-state index >= 15 is 0 Å². The summed E-state index contributed by atoms with van der Waals surface area (Å²) in [5.41, 5.74) is 8.10. The number of aromatic nitrogens is 2. The lowest BCUT2D eigenvalue weighted by molar-refractivity contribution is 0.131. The Morgan fingerprint density at radius 1 is 1.29 bits per heavy atom. The summed E-state index contributed by atoms with van der Waals surface area (Å²) >= 11 is 0. The summed E-state index contributed by atoms with van der Waals surface area (Å²) in [7, 11) is 0. The minimum Gasteiger partial charge on any atom is -0.329 e. The zero-order chi connectivity index (χ0) is 14.7. The number of fused-ring (bicyclic) bond motifs is 1. The largest absolute Gasteiger partial charge is 0.329 e. The fourth-order valence-electron chi connectivity index (χ4n) is 3.54. The molecule has 114 valence electrons. The molecule has 4 nitrogen and oxygen atoms in total. The summed E-state index contributed by atoms with van der Waals surface area (Å²) in [6, 6.07) is 9.09. The van der Waals surface area contributed by atoms with E-state index in [-0.39, 0.29) is 0 Å². The molecule has 0 radical (unpaired) electrons. The molecule has 1 fully saturated rings. The van der Waals surface area contributed by atoms with Crippen LogP contribution in [0.3, 0.4) is 0 Å². The second kappa shape index (κ2) is 6.58. The van der Waals surface area contributed by atoms with Gasteiger partial charge in [-0.1, -0.05) is 25.5 Å². The Bertz CT molecular complexity index is 589. The Labute approximate surface area is 126 Å². The van der Waals surface area contributed by atoms with Crippen LogP contribution in [0.4, 0.5) is 0 Å². The van der Waals surface area contributed by atoms with Crippen LogP contribution in [0.25, 0.3) is 11.0 Å². The highest BCUT2D eigenvalue weighted by Crippen LogP contribution is 2.23. The van der Waals surface area contributed by atoms with Gasteiger partial charge in [0.1, 0.15) is 5.82 Å². The van der Waals surface area contributed by atoms with Crippen LogP contribution in [-0.4, -0.2) is 33.6 Å². The second-order valence-electron chi connectivity index (χ2n) is 5.99. The van der Waals surface area contributed by atoms with Crippen molar-refractivity contribution in [1.82, 2.24) is 14.5 Å². The zero-order valence-electron chi connectivity index (χ0n) is 13.0. The molecule has 1 saturated heterocycles. The summed E-state index contributed by atoms with van der Waals surface area (Å²) in [6.45, 7) is 5.95. The Morgan fingerprint density at radius 2 is 2.14 bits per heavy atom. The molecule has 0 bridgehead atoms. The van der Waals surface area contributed by atoms with Crippen LogP contribution >= 0.6 is 0 Å². The molecule has 2 aromatic rings.